The first-order chi connectivity index (χ1) is 6.00. The Bertz CT molecular complexity index is 121. The highest BCUT2D eigenvalue weighted by Crippen LogP contribution is 2.02. The predicted molar refractivity (Wildman–Crippen MR) is 54.8 cm³/mol. The third-order valence-electron chi connectivity index (χ3n) is 1.88. The van der Waals surface area contributed by atoms with Crippen LogP contribution in [0.4, 0.5) is 0 Å². The van der Waals surface area contributed by atoms with Crippen LogP contribution in [0.1, 0.15) is 32.1 Å². The summed E-state index contributed by atoms with van der Waals surface area (Å²) in [5.74, 6) is 0. The second-order valence-corrected chi connectivity index (χ2v) is 3.00. The van der Waals surface area contributed by atoms with Crippen LogP contribution in [-0.2, 0) is 0 Å². The molecule has 0 aromatic carbocycles. The number of allylic oxidation sites excluding steroid dienone is 6. The van der Waals surface area contributed by atoms with Gasteiger partial charge in [0.25, 0.3) is 0 Å². The van der Waals surface area contributed by atoms with Crippen LogP contribution in [0.25, 0.3) is 0 Å². The molecule has 0 atom stereocenters. The molecule has 0 aromatic heterocycles. The van der Waals surface area contributed by atoms with Crippen molar-refractivity contribution in [1.82, 2.24) is 0 Å². The zero-order valence-corrected chi connectivity index (χ0v) is 7.58. The van der Waals surface area contributed by atoms with Crippen LogP contribution in [-0.4, -0.2) is 0 Å². The van der Waals surface area contributed by atoms with Crippen molar-refractivity contribution in [2.24, 2.45) is 0 Å². The lowest BCUT2D eigenvalue weighted by Crippen LogP contribution is -1.72. The van der Waals surface area contributed by atoms with Crippen molar-refractivity contribution in [1.29, 1.82) is 0 Å². The van der Waals surface area contributed by atoms with Crippen LogP contribution in [0.3, 0.4) is 0 Å². The minimum absolute atomic E-state index is 1.08. The molecule has 0 bridgehead atoms. The van der Waals surface area contributed by atoms with E-state index in [1.807, 2.05) is 0 Å². The third-order valence-corrected chi connectivity index (χ3v) is 1.88. The Morgan fingerprint density at radius 1 is 0.583 bits per heavy atom. The molecule has 0 aliphatic heterocycles. The van der Waals surface area contributed by atoms with Crippen molar-refractivity contribution < 1.29 is 0 Å². The molecule has 0 heterocycles. The second kappa shape index (κ2) is 6.90. The molecule has 0 heteroatoms. The zero-order valence-electron chi connectivity index (χ0n) is 7.58. The van der Waals surface area contributed by atoms with E-state index in [0.717, 1.165) is 6.42 Å². The van der Waals surface area contributed by atoms with Gasteiger partial charge in [-0.3, -0.25) is 0 Å². The molecule has 0 saturated carbocycles. The molecule has 0 unspecified atom stereocenters. The second-order valence-electron chi connectivity index (χ2n) is 3.00. The molecule has 65 valence electrons. The lowest BCUT2D eigenvalue weighted by Gasteiger charge is -1.92. The van der Waals surface area contributed by atoms with Gasteiger partial charge in [-0.1, -0.05) is 36.5 Å². The number of hydrogen-bond acceptors (Lipinski definition) is 0. The summed E-state index contributed by atoms with van der Waals surface area (Å²) in [6, 6.07) is 0. The van der Waals surface area contributed by atoms with Crippen LogP contribution in [0.2, 0.25) is 0 Å². The fourth-order valence-corrected chi connectivity index (χ4v) is 1.18. The average Bonchev–Trinajstić information content (AvgIpc) is 2.05. The van der Waals surface area contributed by atoms with Gasteiger partial charge in [-0.05, 0) is 38.5 Å². The lowest BCUT2D eigenvalue weighted by atomic mass is 10.1. The van der Waals surface area contributed by atoms with Crippen LogP contribution < -0.4 is 0 Å². The molecule has 0 nitrogen and oxygen atoms in total. The number of rotatable bonds is 0. The largest absolute Gasteiger partial charge is 0.0882 e. The van der Waals surface area contributed by atoms with Crippen LogP contribution in [0.5, 0.6) is 0 Å². The molecule has 0 aromatic rings. The van der Waals surface area contributed by atoms with Crippen molar-refractivity contribution in [3.05, 3.63) is 42.9 Å². The van der Waals surface area contributed by atoms with Crippen LogP contribution in [0.15, 0.2) is 36.5 Å². The molecule has 0 fully saturated rings. The average molecular weight is 161 g/mol. The molecular formula is C12H17. The Kier molecular flexibility index (Phi) is 5.35. The monoisotopic (exact) mass is 161 g/mol. The lowest BCUT2D eigenvalue weighted by molar-refractivity contribution is 0.993. The predicted octanol–water partition coefficient (Wildman–Crippen LogP) is 3.82. The SMILES string of the molecule is [CH]1/C=C/CC/C=C/CC/C=C/C1. The maximum atomic E-state index is 2.28. The first kappa shape index (κ1) is 9.31. The molecule has 1 aliphatic carbocycles. The summed E-state index contributed by atoms with van der Waals surface area (Å²) in [4.78, 5) is 0. The molecule has 0 amide bonds. The van der Waals surface area contributed by atoms with Gasteiger partial charge in [0.15, 0.2) is 0 Å². The fraction of sp³-hybridized carbons (Fsp3) is 0.417. The maximum Gasteiger partial charge on any atom is -0.0133 e. The zero-order chi connectivity index (χ0) is 8.49. The molecule has 1 aliphatic rings. The molecule has 1 rings (SSSR count). The summed E-state index contributed by atoms with van der Waals surface area (Å²) in [7, 11) is 0. The fourth-order valence-electron chi connectivity index (χ4n) is 1.18. The highest BCUT2D eigenvalue weighted by molar-refractivity contribution is 5.01. The van der Waals surface area contributed by atoms with E-state index in [1.165, 1.54) is 25.7 Å². The van der Waals surface area contributed by atoms with Crippen LogP contribution in [0, 0.1) is 6.42 Å². The van der Waals surface area contributed by atoms with Gasteiger partial charge >= 0.3 is 0 Å². The summed E-state index contributed by atoms with van der Waals surface area (Å²) in [5.41, 5.74) is 0. The van der Waals surface area contributed by atoms with E-state index in [0.29, 0.717) is 0 Å². The number of hydrogen-bond donors (Lipinski definition) is 0. The van der Waals surface area contributed by atoms with E-state index >= 15 is 0 Å². The smallest absolute Gasteiger partial charge is 0.0133 e. The van der Waals surface area contributed by atoms with Crippen LogP contribution >= 0.6 is 0 Å². The summed E-state index contributed by atoms with van der Waals surface area (Å²) in [5, 5.41) is 0. The maximum absolute atomic E-state index is 2.28. The van der Waals surface area contributed by atoms with Gasteiger partial charge < -0.3 is 0 Å². The minimum Gasteiger partial charge on any atom is -0.0882 e. The third kappa shape index (κ3) is 4.95. The Labute approximate surface area is 75.7 Å². The van der Waals surface area contributed by atoms with Gasteiger partial charge in [0, 0.05) is 0 Å². The first-order valence-corrected chi connectivity index (χ1v) is 4.78. The first-order valence-electron chi connectivity index (χ1n) is 4.78. The topological polar surface area (TPSA) is 0 Å². The summed E-state index contributed by atoms with van der Waals surface area (Å²) < 4.78 is 0. The van der Waals surface area contributed by atoms with Gasteiger partial charge in [0.1, 0.15) is 0 Å². The van der Waals surface area contributed by atoms with Crippen molar-refractivity contribution in [2.45, 2.75) is 32.1 Å². The standard InChI is InChI=1S/C12H17/c1-2-4-6-8-10-12-11-9-7-5-3-1/h1-3,6,8-9,11H,4-5,7,10,12H2/b3-1+,8-6+,11-9+. The van der Waals surface area contributed by atoms with Crippen molar-refractivity contribution >= 4 is 0 Å². The minimum atomic E-state index is 1.08. The van der Waals surface area contributed by atoms with Crippen molar-refractivity contribution in [3.63, 3.8) is 0 Å². The van der Waals surface area contributed by atoms with E-state index < -0.39 is 0 Å². The Hall–Kier alpha value is -0.780. The molecule has 0 saturated heterocycles. The quantitative estimate of drug-likeness (QED) is 0.474. The summed E-state index contributed by atoms with van der Waals surface area (Å²) >= 11 is 0. The Morgan fingerprint density at radius 3 is 1.92 bits per heavy atom. The summed E-state index contributed by atoms with van der Waals surface area (Å²) in [6.45, 7) is 0. The Balaban J connectivity index is 2.30. The van der Waals surface area contributed by atoms with E-state index in [-0.39, 0.29) is 0 Å². The molecule has 0 spiro atoms. The normalized spacial score (nSPS) is 28.0. The van der Waals surface area contributed by atoms with Gasteiger partial charge in [0.2, 0.25) is 0 Å². The Morgan fingerprint density at radius 2 is 1.17 bits per heavy atom. The van der Waals surface area contributed by atoms with Gasteiger partial charge in [-0.25, -0.2) is 0 Å². The molecule has 1 radical (unpaired) electrons. The molecular weight excluding hydrogens is 144 g/mol. The van der Waals surface area contributed by atoms with E-state index in [2.05, 4.69) is 42.9 Å². The van der Waals surface area contributed by atoms with Gasteiger partial charge in [-0.15, -0.1) is 0 Å². The van der Waals surface area contributed by atoms with E-state index in [1.54, 1.807) is 0 Å². The highest BCUT2D eigenvalue weighted by atomic mass is 13.9. The van der Waals surface area contributed by atoms with E-state index in [9.17, 15) is 0 Å². The highest BCUT2D eigenvalue weighted by Gasteiger charge is 1.82. The van der Waals surface area contributed by atoms with Crippen molar-refractivity contribution in [2.75, 3.05) is 0 Å². The molecule has 12 heavy (non-hydrogen) atoms. The van der Waals surface area contributed by atoms with Gasteiger partial charge in [0.05, 0.1) is 0 Å². The molecule has 0 N–H and O–H groups in total. The summed E-state index contributed by atoms with van der Waals surface area (Å²) in [6.07, 6.45) is 21.5. The van der Waals surface area contributed by atoms with Gasteiger partial charge in [-0.2, -0.15) is 0 Å². The van der Waals surface area contributed by atoms with E-state index in [4.69, 9.17) is 0 Å². The van der Waals surface area contributed by atoms with Crippen molar-refractivity contribution in [3.8, 4) is 0 Å².